The van der Waals surface area contributed by atoms with E-state index in [1.165, 1.54) is 0 Å². The SMILES string of the molecule is Cn1ccc2ccc(C(=O)N3CCC[C@@H](c4nc(-c5cccnc5)no4)C3)cc21. The molecule has 1 aliphatic rings. The zero-order chi connectivity index (χ0) is 19.8. The Morgan fingerprint density at radius 1 is 1.24 bits per heavy atom. The fourth-order valence-electron chi connectivity index (χ4n) is 3.95. The average molecular weight is 387 g/mol. The molecule has 4 aromatic rings. The van der Waals surface area contributed by atoms with Crippen LogP contribution in [0.3, 0.4) is 0 Å². The Morgan fingerprint density at radius 3 is 3.03 bits per heavy atom. The Labute approximate surface area is 168 Å². The minimum absolute atomic E-state index is 0.0457. The number of aryl methyl sites for hydroxylation is 1. The third-order valence-electron chi connectivity index (χ3n) is 5.55. The summed E-state index contributed by atoms with van der Waals surface area (Å²) in [6.45, 7) is 1.32. The van der Waals surface area contributed by atoms with Crippen molar-refractivity contribution < 1.29 is 9.32 Å². The molecule has 1 aromatic carbocycles. The maximum Gasteiger partial charge on any atom is 0.253 e. The molecule has 0 unspecified atom stereocenters. The summed E-state index contributed by atoms with van der Waals surface area (Å²) in [4.78, 5) is 23.7. The first-order valence-corrected chi connectivity index (χ1v) is 9.77. The van der Waals surface area contributed by atoms with Gasteiger partial charge in [0.25, 0.3) is 5.91 Å². The average Bonchev–Trinajstić information content (AvgIpc) is 3.41. The van der Waals surface area contributed by atoms with Gasteiger partial charge in [0.1, 0.15) is 0 Å². The highest BCUT2D eigenvalue weighted by atomic mass is 16.5. The van der Waals surface area contributed by atoms with E-state index in [1.807, 2.05) is 53.0 Å². The molecule has 146 valence electrons. The number of hydrogen-bond donors (Lipinski definition) is 0. The molecule has 0 bridgehead atoms. The molecule has 5 rings (SSSR count). The summed E-state index contributed by atoms with van der Waals surface area (Å²) in [6.07, 6.45) is 7.26. The molecule has 0 saturated carbocycles. The minimum atomic E-state index is 0.0457. The molecule has 7 heteroatoms. The van der Waals surface area contributed by atoms with E-state index in [2.05, 4.69) is 21.2 Å². The first-order chi connectivity index (χ1) is 14.2. The first-order valence-electron chi connectivity index (χ1n) is 9.77. The van der Waals surface area contributed by atoms with Crippen LogP contribution in [0.1, 0.15) is 35.0 Å². The van der Waals surface area contributed by atoms with E-state index in [1.54, 1.807) is 12.4 Å². The van der Waals surface area contributed by atoms with Crippen LogP contribution in [-0.4, -0.2) is 43.6 Å². The van der Waals surface area contributed by atoms with Crippen LogP contribution >= 0.6 is 0 Å². The molecular formula is C22H21N5O2. The smallest absolute Gasteiger partial charge is 0.253 e. The number of benzene rings is 1. The van der Waals surface area contributed by atoms with E-state index in [-0.39, 0.29) is 11.8 Å². The summed E-state index contributed by atoms with van der Waals surface area (Å²) in [5, 5.41) is 5.23. The molecule has 29 heavy (non-hydrogen) atoms. The second-order valence-electron chi connectivity index (χ2n) is 7.49. The van der Waals surface area contributed by atoms with Gasteiger partial charge in [-0.25, -0.2) is 0 Å². The normalized spacial score (nSPS) is 17.0. The number of carbonyl (C=O) groups is 1. The number of amides is 1. The topological polar surface area (TPSA) is 77.1 Å². The van der Waals surface area contributed by atoms with E-state index in [9.17, 15) is 4.79 Å². The summed E-state index contributed by atoms with van der Waals surface area (Å²) in [5.74, 6) is 1.21. The highest BCUT2D eigenvalue weighted by molar-refractivity contribution is 5.98. The lowest BCUT2D eigenvalue weighted by molar-refractivity contribution is 0.0696. The third-order valence-corrected chi connectivity index (χ3v) is 5.55. The number of fused-ring (bicyclic) bond motifs is 1. The predicted octanol–water partition coefficient (Wildman–Crippen LogP) is 3.64. The minimum Gasteiger partial charge on any atom is -0.351 e. The monoisotopic (exact) mass is 387 g/mol. The van der Waals surface area contributed by atoms with Crippen LogP contribution in [0, 0.1) is 0 Å². The molecule has 1 fully saturated rings. The van der Waals surface area contributed by atoms with Crippen LogP contribution in [0.5, 0.6) is 0 Å². The molecule has 0 aliphatic carbocycles. The predicted molar refractivity (Wildman–Crippen MR) is 108 cm³/mol. The second-order valence-corrected chi connectivity index (χ2v) is 7.49. The van der Waals surface area contributed by atoms with Crippen molar-refractivity contribution in [2.45, 2.75) is 18.8 Å². The number of aromatic nitrogens is 4. The summed E-state index contributed by atoms with van der Waals surface area (Å²) < 4.78 is 7.56. The van der Waals surface area contributed by atoms with Crippen LogP contribution in [0.25, 0.3) is 22.3 Å². The molecule has 0 spiro atoms. The third kappa shape index (κ3) is 3.29. The molecule has 4 heterocycles. The summed E-state index contributed by atoms with van der Waals surface area (Å²) in [7, 11) is 1.99. The van der Waals surface area contributed by atoms with Gasteiger partial charge < -0.3 is 14.0 Å². The van der Waals surface area contributed by atoms with Crippen molar-refractivity contribution >= 4 is 16.8 Å². The lowest BCUT2D eigenvalue weighted by Gasteiger charge is -2.31. The lowest BCUT2D eigenvalue weighted by Crippen LogP contribution is -2.39. The van der Waals surface area contributed by atoms with E-state index < -0.39 is 0 Å². The zero-order valence-corrected chi connectivity index (χ0v) is 16.2. The van der Waals surface area contributed by atoms with Crippen molar-refractivity contribution in [2.24, 2.45) is 7.05 Å². The number of hydrogen-bond acceptors (Lipinski definition) is 5. The quantitative estimate of drug-likeness (QED) is 0.536. The summed E-state index contributed by atoms with van der Waals surface area (Å²) in [5.41, 5.74) is 2.59. The summed E-state index contributed by atoms with van der Waals surface area (Å²) >= 11 is 0. The van der Waals surface area contributed by atoms with Gasteiger partial charge in [0, 0.05) is 55.4 Å². The van der Waals surface area contributed by atoms with E-state index in [0.717, 1.165) is 35.9 Å². The van der Waals surface area contributed by atoms with Gasteiger partial charge in [0.15, 0.2) is 0 Å². The lowest BCUT2D eigenvalue weighted by atomic mass is 9.97. The van der Waals surface area contributed by atoms with Crippen LogP contribution < -0.4 is 0 Å². The fourth-order valence-corrected chi connectivity index (χ4v) is 3.95. The molecule has 1 atom stereocenters. The molecule has 0 N–H and O–H groups in total. The molecule has 0 radical (unpaired) electrons. The van der Waals surface area contributed by atoms with Crippen LogP contribution in [0.4, 0.5) is 0 Å². The van der Waals surface area contributed by atoms with Crippen LogP contribution in [0.15, 0.2) is 59.5 Å². The van der Waals surface area contributed by atoms with Gasteiger partial charge in [0.2, 0.25) is 11.7 Å². The van der Waals surface area contributed by atoms with Gasteiger partial charge in [-0.1, -0.05) is 11.2 Å². The standard InChI is InChI=1S/C22H21N5O2/c1-26-11-8-15-6-7-16(12-19(15)26)22(28)27-10-3-5-18(14-27)21-24-20(25-29-21)17-4-2-9-23-13-17/h2,4,6-9,11-13,18H,3,5,10,14H2,1H3/t18-/m1/s1. The van der Waals surface area contributed by atoms with Gasteiger partial charge in [-0.3, -0.25) is 9.78 Å². The number of likely N-dealkylation sites (tertiary alicyclic amines) is 1. The van der Waals surface area contributed by atoms with Crippen molar-refractivity contribution in [3.63, 3.8) is 0 Å². The van der Waals surface area contributed by atoms with E-state index in [0.29, 0.717) is 23.8 Å². The van der Waals surface area contributed by atoms with Crippen molar-refractivity contribution in [3.05, 3.63) is 66.4 Å². The largest absolute Gasteiger partial charge is 0.351 e. The first kappa shape index (κ1) is 17.6. The fraction of sp³-hybridized carbons (Fsp3) is 0.273. The second kappa shape index (κ2) is 7.16. The number of piperidine rings is 1. The van der Waals surface area contributed by atoms with Crippen molar-refractivity contribution in [3.8, 4) is 11.4 Å². The summed E-state index contributed by atoms with van der Waals surface area (Å²) in [6, 6.07) is 11.7. The van der Waals surface area contributed by atoms with Crippen LogP contribution in [-0.2, 0) is 7.05 Å². The molecule has 1 amide bonds. The highest BCUT2D eigenvalue weighted by Crippen LogP contribution is 2.28. The van der Waals surface area contributed by atoms with Crippen molar-refractivity contribution in [1.82, 2.24) is 24.6 Å². The van der Waals surface area contributed by atoms with Gasteiger partial charge in [-0.2, -0.15) is 4.98 Å². The molecular weight excluding hydrogens is 366 g/mol. The van der Waals surface area contributed by atoms with Gasteiger partial charge >= 0.3 is 0 Å². The number of carbonyl (C=O) groups excluding carboxylic acids is 1. The molecule has 1 saturated heterocycles. The maximum absolute atomic E-state index is 13.1. The Kier molecular flexibility index (Phi) is 4.35. The number of nitrogens with zero attached hydrogens (tertiary/aromatic N) is 5. The number of rotatable bonds is 3. The molecule has 1 aliphatic heterocycles. The molecule has 7 nitrogen and oxygen atoms in total. The van der Waals surface area contributed by atoms with Gasteiger partial charge in [0.05, 0.1) is 5.92 Å². The highest BCUT2D eigenvalue weighted by Gasteiger charge is 2.29. The Hall–Kier alpha value is -3.48. The Morgan fingerprint density at radius 2 is 2.17 bits per heavy atom. The van der Waals surface area contributed by atoms with Gasteiger partial charge in [-0.05, 0) is 48.6 Å². The van der Waals surface area contributed by atoms with Gasteiger partial charge in [-0.15, -0.1) is 0 Å². The van der Waals surface area contributed by atoms with E-state index >= 15 is 0 Å². The number of pyridine rings is 1. The molecule has 3 aromatic heterocycles. The van der Waals surface area contributed by atoms with Crippen molar-refractivity contribution in [2.75, 3.05) is 13.1 Å². The Bertz CT molecular complexity index is 1160. The van der Waals surface area contributed by atoms with Crippen LogP contribution in [0.2, 0.25) is 0 Å². The Balaban J connectivity index is 1.35. The van der Waals surface area contributed by atoms with Crippen molar-refractivity contribution in [1.29, 1.82) is 0 Å². The van der Waals surface area contributed by atoms with E-state index in [4.69, 9.17) is 4.52 Å². The zero-order valence-electron chi connectivity index (χ0n) is 16.2. The maximum atomic E-state index is 13.1.